The van der Waals surface area contributed by atoms with Crippen molar-refractivity contribution in [2.75, 3.05) is 6.61 Å². The molecule has 1 aliphatic rings. The lowest BCUT2D eigenvalue weighted by Crippen LogP contribution is -2.31. The van der Waals surface area contributed by atoms with E-state index in [-0.39, 0.29) is 6.10 Å². The van der Waals surface area contributed by atoms with Crippen LogP contribution in [0.4, 0.5) is 0 Å². The molecular weight excluding hydrogens is 272 g/mol. The van der Waals surface area contributed by atoms with Gasteiger partial charge in [-0.3, -0.25) is 0 Å². The number of ether oxygens (including phenoxy) is 1. The molecule has 0 aliphatic carbocycles. The summed E-state index contributed by atoms with van der Waals surface area (Å²) in [7, 11) is 0. The van der Waals surface area contributed by atoms with Crippen molar-refractivity contribution in [3.8, 4) is 5.75 Å². The maximum atomic E-state index is 9.74. The Balaban J connectivity index is 1.83. The maximum absolute atomic E-state index is 9.74. The molecule has 1 N–H and O–H groups in total. The lowest BCUT2D eigenvalue weighted by Gasteiger charge is -2.39. The lowest BCUT2D eigenvalue weighted by atomic mass is 9.76. The number of phenolic OH excluding ortho intramolecular Hbond substituents is 1. The monoisotopic (exact) mass is 296 g/mol. The normalized spacial score (nSPS) is 25.3. The molecule has 0 saturated carbocycles. The quantitative estimate of drug-likeness (QED) is 0.872. The fourth-order valence-electron chi connectivity index (χ4n) is 3.49. The van der Waals surface area contributed by atoms with E-state index in [1.165, 1.54) is 5.56 Å². The first-order valence-corrected chi connectivity index (χ1v) is 8.10. The number of hydrogen-bond donors (Lipinski definition) is 1. The van der Waals surface area contributed by atoms with Crippen LogP contribution in [0.25, 0.3) is 0 Å². The van der Waals surface area contributed by atoms with E-state index in [0.29, 0.717) is 23.5 Å². The average Bonchev–Trinajstić information content (AvgIpc) is 2.55. The maximum Gasteiger partial charge on any atom is 0.115 e. The van der Waals surface area contributed by atoms with Crippen molar-refractivity contribution in [1.82, 2.24) is 0 Å². The van der Waals surface area contributed by atoms with Crippen LogP contribution in [-0.2, 0) is 4.74 Å². The van der Waals surface area contributed by atoms with Crippen molar-refractivity contribution in [3.05, 3.63) is 65.7 Å². The van der Waals surface area contributed by atoms with Crippen molar-refractivity contribution in [2.45, 2.75) is 32.3 Å². The van der Waals surface area contributed by atoms with E-state index in [1.54, 1.807) is 6.07 Å². The Morgan fingerprint density at radius 2 is 1.73 bits per heavy atom. The van der Waals surface area contributed by atoms with Gasteiger partial charge in [0.15, 0.2) is 0 Å². The van der Waals surface area contributed by atoms with Gasteiger partial charge in [-0.15, -0.1) is 0 Å². The zero-order valence-electron chi connectivity index (χ0n) is 13.3. The summed E-state index contributed by atoms with van der Waals surface area (Å²) < 4.78 is 6.25. The smallest absolute Gasteiger partial charge is 0.115 e. The van der Waals surface area contributed by atoms with Crippen LogP contribution in [0.1, 0.15) is 43.4 Å². The van der Waals surface area contributed by atoms with E-state index < -0.39 is 0 Å². The van der Waals surface area contributed by atoms with Gasteiger partial charge in [-0.2, -0.15) is 0 Å². The molecule has 1 heterocycles. The largest absolute Gasteiger partial charge is 0.508 e. The molecule has 0 spiro atoms. The number of aromatic hydroxyl groups is 1. The van der Waals surface area contributed by atoms with Crippen LogP contribution in [0, 0.1) is 11.8 Å². The van der Waals surface area contributed by atoms with Gasteiger partial charge in [-0.1, -0.05) is 56.3 Å². The molecule has 3 rings (SSSR count). The zero-order chi connectivity index (χ0) is 15.5. The van der Waals surface area contributed by atoms with Crippen molar-refractivity contribution in [1.29, 1.82) is 0 Å². The molecule has 2 aromatic rings. The van der Waals surface area contributed by atoms with Gasteiger partial charge in [-0.25, -0.2) is 0 Å². The highest BCUT2D eigenvalue weighted by Gasteiger charge is 2.34. The SMILES string of the molecule is CC(C)[C@@H]1C[C@H](c2ccccc2)CO[C@H]1c1cccc(O)c1. The van der Waals surface area contributed by atoms with E-state index in [9.17, 15) is 5.11 Å². The lowest BCUT2D eigenvalue weighted by molar-refractivity contribution is -0.0552. The molecule has 116 valence electrons. The zero-order valence-corrected chi connectivity index (χ0v) is 13.3. The molecule has 1 fully saturated rings. The second-order valence-corrected chi connectivity index (χ2v) is 6.60. The molecule has 0 amide bonds. The Kier molecular flexibility index (Phi) is 4.49. The first-order valence-electron chi connectivity index (χ1n) is 8.10. The molecule has 1 saturated heterocycles. The molecule has 2 nitrogen and oxygen atoms in total. The first-order chi connectivity index (χ1) is 10.6. The summed E-state index contributed by atoms with van der Waals surface area (Å²) >= 11 is 0. The van der Waals surface area contributed by atoms with Gasteiger partial charge in [0.25, 0.3) is 0 Å². The van der Waals surface area contributed by atoms with Gasteiger partial charge in [-0.05, 0) is 41.5 Å². The van der Waals surface area contributed by atoms with Gasteiger partial charge in [0.05, 0.1) is 12.7 Å². The summed E-state index contributed by atoms with van der Waals surface area (Å²) in [6, 6.07) is 18.1. The Bertz CT molecular complexity index is 606. The standard InChI is InChI=1S/C20H24O2/c1-14(2)19-12-17(15-7-4-3-5-8-15)13-22-20(19)16-9-6-10-18(21)11-16/h3-11,14,17,19-21H,12-13H2,1-2H3/t17-,19-,20-/m0/s1. The van der Waals surface area contributed by atoms with Crippen LogP contribution < -0.4 is 0 Å². The highest BCUT2D eigenvalue weighted by atomic mass is 16.5. The minimum absolute atomic E-state index is 0.0760. The third-order valence-corrected chi connectivity index (χ3v) is 4.75. The predicted molar refractivity (Wildman–Crippen MR) is 88.9 cm³/mol. The molecule has 1 aliphatic heterocycles. The third-order valence-electron chi connectivity index (χ3n) is 4.75. The molecule has 0 unspecified atom stereocenters. The van der Waals surface area contributed by atoms with Crippen molar-refractivity contribution >= 4 is 0 Å². The highest BCUT2D eigenvalue weighted by Crippen LogP contribution is 2.43. The number of hydrogen-bond acceptors (Lipinski definition) is 2. The molecule has 0 bridgehead atoms. The highest BCUT2D eigenvalue weighted by molar-refractivity contribution is 5.30. The Morgan fingerprint density at radius 1 is 1.00 bits per heavy atom. The number of rotatable bonds is 3. The summed E-state index contributed by atoms with van der Waals surface area (Å²) in [5.41, 5.74) is 2.45. The minimum Gasteiger partial charge on any atom is -0.508 e. The molecular formula is C20H24O2. The van der Waals surface area contributed by atoms with E-state index in [2.05, 4.69) is 50.2 Å². The predicted octanol–water partition coefficient (Wildman–Crippen LogP) is 4.91. The Labute approximate surface area is 132 Å². The van der Waals surface area contributed by atoms with E-state index >= 15 is 0 Å². The van der Waals surface area contributed by atoms with Crippen LogP contribution in [0.15, 0.2) is 54.6 Å². The van der Waals surface area contributed by atoms with E-state index in [0.717, 1.165) is 18.6 Å². The fraction of sp³-hybridized carbons (Fsp3) is 0.400. The van der Waals surface area contributed by atoms with Gasteiger partial charge in [0, 0.05) is 5.92 Å². The summed E-state index contributed by atoms with van der Waals surface area (Å²) in [4.78, 5) is 0. The summed E-state index contributed by atoms with van der Waals surface area (Å²) in [5, 5.41) is 9.74. The van der Waals surface area contributed by atoms with Crippen molar-refractivity contribution in [3.63, 3.8) is 0 Å². The second kappa shape index (κ2) is 6.53. The van der Waals surface area contributed by atoms with E-state index in [1.807, 2.05) is 12.1 Å². The van der Waals surface area contributed by atoms with Crippen molar-refractivity contribution < 1.29 is 9.84 Å². The van der Waals surface area contributed by atoms with Crippen LogP contribution in [0.5, 0.6) is 5.75 Å². The van der Waals surface area contributed by atoms with Gasteiger partial charge < -0.3 is 9.84 Å². The summed E-state index contributed by atoms with van der Waals surface area (Å²) in [5.74, 6) is 1.77. The average molecular weight is 296 g/mol. The van der Waals surface area contributed by atoms with Crippen LogP contribution in [-0.4, -0.2) is 11.7 Å². The van der Waals surface area contributed by atoms with Crippen LogP contribution in [0.3, 0.4) is 0 Å². The summed E-state index contributed by atoms with van der Waals surface area (Å²) in [6.07, 6.45) is 1.20. The van der Waals surface area contributed by atoms with Gasteiger partial charge >= 0.3 is 0 Å². The Hall–Kier alpha value is -1.80. The topological polar surface area (TPSA) is 29.5 Å². The van der Waals surface area contributed by atoms with Gasteiger partial charge in [0.2, 0.25) is 0 Å². The minimum atomic E-state index is 0.0760. The van der Waals surface area contributed by atoms with Gasteiger partial charge in [0.1, 0.15) is 5.75 Å². The number of benzene rings is 2. The molecule has 2 aromatic carbocycles. The van der Waals surface area contributed by atoms with Crippen LogP contribution in [0.2, 0.25) is 0 Å². The summed E-state index contributed by atoms with van der Waals surface area (Å²) in [6.45, 7) is 5.27. The molecule has 0 aromatic heterocycles. The number of phenols is 1. The van der Waals surface area contributed by atoms with E-state index in [4.69, 9.17) is 4.74 Å². The molecule has 0 radical (unpaired) electrons. The Morgan fingerprint density at radius 3 is 2.41 bits per heavy atom. The molecule has 22 heavy (non-hydrogen) atoms. The fourth-order valence-corrected chi connectivity index (χ4v) is 3.49. The second-order valence-electron chi connectivity index (χ2n) is 6.60. The third kappa shape index (κ3) is 3.17. The molecule has 3 atom stereocenters. The van der Waals surface area contributed by atoms with Crippen LogP contribution >= 0.6 is 0 Å². The molecule has 2 heteroatoms. The first kappa shape index (κ1) is 15.1. The van der Waals surface area contributed by atoms with Crippen molar-refractivity contribution in [2.24, 2.45) is 11.8 Å².